The zero-order valence-corrected chi connectivity index (χ0v) is 31.6. The molecule has 4 heterocycles. The molecule has 7 heteroatoms. The molecular weight excluding hydrogens is 661 g/mol. The number of rotatable bonds is 2. The Kier molecular flexibility index (Phi) is 5.71. The van der Waals surface area contributed by atoms with E-state index in [0.29, 0.717) is 11.8 Å². The summed E-state index contributed by atoms with van der Waals surface area (Å²) < 4.78 is 25.1. The molecule has 1 aromatic carbocycles. The van der Waals surface area contributed by atoms with Crippen LogP contribution in [0.25, 0.3) is 31.9 Å². The first kappa shape index (κ1) is 30.3. The third kappa shape index (κ3) is 3.36. The summed E-state index contributed by atoms with van der Waals surface area (Å²) in [7, 11) is 0. The van der Waals surface area contributed by atoms with Gasteiger partial charge in [0.25, 0.3) is 0 Å². The van der Waals surface area contributed by atoms with Crippen LogP contribution in [0.3, 0.4) is 0 Å². The largest absolute Gasteiger partial charge is 0.474 e. The molecular formula is C42H40N2O2S3. The van der Waals surface area contributed by atoms with Gasteiger partial charge in [0, 0.05) is 37.0 Å². The first-order valence-corrected chi connectivity index (χ1v) is 19.9. The lowest BCUT2D eigenvalue weighted by atomic mass is 9.34. The van der Waals surface area contributed by atoms with Crippen molar-refractivity contribution in [2.24, 2.45) is 33.5 Å². The number of ether oxygens (including phenoxy) is 2. The summed E-state index contributed by atoms with van der Waals surface area (Å²) in [6.45, 7) is 19.2. The van der Waals surface area contributed by atoms with E-state index in [0.717, 1.165) is 43.4 Å². The summed E-state index contributed by atoms with van der Waals surface area (Å²) in [5, 5.41) is 4.23. The van der Waals surface area contributed by atoms with Gasteiger partial charge in [0.05, 0.1) is 22.9 Å². The van der Waals surface area contributed by atoms with Crippen LogP contribution in [0.4, 0.5) is 0 Å². The van der Waals surface area contributed by atoms with Crippen molar-refractivity contribution in [1.29, 1.82) is 0 Å². The topological polar surface area (TPSA) is 44.2 Å². The lowest BCUT2D eigenvalue weighted by molar-refractivity contribution is 0.0473. The molecule has 1 fully saturated rings. The summed E-state index contributed by atoms with van der Waals surface area (Å²) in [5.74, 6) is 2.30. The summed E-state index contributed by atoms with van der Waals surface area (Å²) in [6, 6.07) is 8.50. The van der Waals surface area contributed by atoms with Crippen molar-refractivity contribution in [3.63, 3.8) is 0 Å². The zero-order valence-electron chi connectivity index (χ0n) is 29.2. The molecule has 10 rings (SSSR count). The van der Waals surface area contributed by atoms with E-state index in [-0.39, 0.29) is 21.7 Å². The van der Waals surface area contributed by atoms with Gasteiger partial charge in [-0.2, -0.15) is 8.75 Å². The van der Waals surface area contributed by atoms with Gasteiger partial charge in [0.15, 0.2) is 22.7 Å². The molecule has 4 nitrogen and oxygen atoms in total. The average molecular weight is 701 g/mol. The number of hydrogen-bond donors (Lipinski definition) is 0. The Bertz CT molecular complexity index is 2170. The van der Waals surface area contributed by atoms with Gasteiger partial charge in [0.1, 0.15) is 11.0 Å². The fraction of sp³-hybridized carbons (Fsp3) is 0.381. The van der Waals surface area contributed by atoms with Gasteiger partial charge < -0.3 is 9.47 Å². The smallest absolute Gasteiger partial charge is 0.174 e. The van der Waals surface area contributed by atoms with Crippen LogP contribution in [0.5, 0.6) is 11.5 Å². The lowest BCUT2D eigenvalue weighted by Gasteiger charge is -2.70. The Morgan fingerprint density at radius 2 is 1.02 bits per heavy atom. The van der Waals surface area contributed by atoms with Crippen LogP contribution in [0.15, 0.2) is 106 Å². The molecule has 0 radical (unpaired) electrons. The highest BCUT2D eigenvalue weighted by Gasteiger charge is 2.71. The molecule has 8 unspecified atom stereocenters. The Morgan fingerprint density at radius 3 is 1.45 bits per heavy atom. The first-order valence-electron chi connectivity index (χ1n) is 17.4. The molecule has 0 N–H and O–H groups in total. The summed E-state index contributed by atoms with van der Waals surface area (Å²) in [4.78, 5) is 2.19. The number of benzene rings is 1. The van der Waals surface area contributed by atoms with E-state index in [4.69, 9.17) is 18.2 Å². The molecule has 8 atom stereocenters. The second-order valence-electron chi connectivity index (χ2n) is 16.1. The van der Waals surface area contributed by atoms with E-state index in [1.807, 2.05) is 0 Å². The second kappa shape index (κ2) is 9.22. The molecule has 5 aliphatic carbocycles. The van der Waals surface area contributed by atoms with Gasteiger partial charge in [-0.3, -0.25) is 0 Å². The number of fused-ring (bicyclic) bond motifs is 4. The van der Waals surface area contributed by atoms with Crippen molar-refractivity contribution in [2.75, 3.05) is 0 Å². The Labute approximate surface area is 300 Å². The highest BCUT2D eigenvalue weighted by molar-refractivity contribution is 7.14. The average Bonchev–Trinajstić information content (AvgIpc) is 3.87. The maximum atomic E-state index is 7.61. The van der Waals surface area contributed by atoms with Crippen LogP contribution in [0, 0.1) is 33.5 Å². The van der Waals surface area contributed by atoms with Crippen LogP contribution < -0.4 is 9.47 Å². The molecule has 49 heavy (non-hydrogen) atoms. The Morgan fingerprint density at radius 1 is 0.571 bits per heavy atom. The number of aromatic nitrogens is 2. The fourth-order valence-corrected chi connectivity index (χ4v) is 13.0. The lowest BCUT2D eigenvalue weighted by Crippen LogP contribution is -2.64. The van der Waals surface area contributed by atoms with Gasteiger partial charge >= 0.3 is 0 Å². The summed E-state index contributed by atoms with van der Waals surface area (Å²) >= 11 is 4.65. The minimum absolute atomic E-state index is 0.228. The van der Waals surface area contributed by atoms with Crippen LogP contribution in [0.1, 0.15) is 55.4 Å². The van der Waals surface area contributed by atoms with E-state index in [1.165, 1.54) is 22.9 Å². The normalized spacial score (nSPS) is 39.3. The van der Waals surface area contributed by atoms with E-state index in [2.05, 4.69) is 139 Å². The van der Waals surface area contributed by atoms with Crippen LogP contribution in [-0.2, 0) is 0 Å². The molecule has 0 amide bonds. The van der Waals surface area contributed by atoms with Gasteiger partial charge in [0.2, 0.25) is 0 Å². The van der Waals surface area contributed by atoms with Gasteiger partial charge in [-0.25, -0.2) is 0 Å². The number of hydrogen-bond acceptors (Lipinski definition) is 7. The third-order valence-corrected chi connectivity index (χ3v) is 15.7. The summed E-state index contributed by atoms with van der Waals surface area (Å²) in [6.07, 6.45) is 19.7. The van der Waals surface area contributed by atoms with E-state index in [1.54, 1.807) is 33.8 Å². The maximum absolute atomic E-state index is 7.61. The molecule has 0 bridgehead atoms. The van der Waals surface area contributed by atoms with Gasteiger partial charge in [-0.05, 0) is 71.9 Å². The monoisotopic (exact) mass is 700 g/mol. The number of thiophene rings is 2. The minimum Gasteiger partial charge on any atom is -0.474 e. The van der Waals surface area contributed by atoms with Crippen molar-refractivity contribution >= 4 is 45.4 Å². The van der Waals surface area contributed by atoms with Gasteiger partial charge in [-0.1, -0.05) is 95.7 Å². The van der Waals surface area contributed by atoms with E-state index < -0.39 is 11.2 Å². The minimum atomic E-state index is -0.787. The Balaban J connectivity index is 1.32. The van der Waals surface area contributed by atoms with Crippen LogP contribution in [0.2, 0.25) is 0 Å². The predicted octanol–water partition coefficient (Wildman–Crippen LogP) is 11.6. The van der Waals surface area contributed by atoms with Crippen molar-refractivity contribution < 1.29 is 9.47 Å². The van der Waals surface area contributed by atoms with Crippen LogP contribution in [-0.4, -0.2) is 19.9 Å². The molecule has 3 aromatic heterocycles. The van der Waals surface area contributed by atoms with E-state index in [9.17, 15) is 0 Å². The van der Waals surface area contributed by atoms with Crippen molar-refractivity contribution in [1.82, 2.24) is 8.75 Å². The standard InChI is InChI=1S/C42H40N2O2S3/c1-23-13-15-37(3)34-27(23)24(2)14-16-38(34,4)40(6)18-20-42(8)36-35(40)39(37,5)17-19-41(36,7)45-32-28(25-11-9-21-47-25)30-31(44-49-43-30)29(33(32)46-42)26-12-10-22-48-26/h9-24H,1-8H3. The van der Waals surface area contributed by atoms with Crippen LogP contribution >= 0.6 is 34.4 Å². The van der Waals surface area contributed by atoms with E-state index >= 15 is 0 Å². The number of nitrogens with zero attached hydrogens (tertiary/aromatic N) is 2. The highest BCUT2D eigenvalue weighted by Crippen LogP contribution is 2.77. The number of allylic oxidation sites excluding steroid dienone is 9. The molecule has 6 aliphatic rings. The molecule has 1 aliphatic heterocycles. The maximum Gasteiger partial charge on any atom is 0.174 e. The molecule has 4 aromatic rings. The first-order chi connectivity index (χ1) is 23.3. The summed E-state index contributed by atoms with van der Waals surface area (Å²) in [5.41, 5.74) is 6.80. The molecule has 248 valence electrons. The highest BCUT2D eigenvalue weighted by atomic mass is 32.1. The third-order valence-electron chi connectivity index (χ3n) is 13.4. The second-order valence-corrected chi connectivity index (χ2v) is 18.5. The molecule has 0 spiro atoms. The predicted molar refractivity (Wildman–Crippen MR) is 203 cm³/mol. The Hall–Kier alpha value is -3.52. The zero-order chi connectivity index (χ0) is 33.9. The van der Waals surface area contributed by atoms with Gasteiger partial charge in [-0.15, -0.1) is 22.7 Å². The SMILES string of the molecule is CC1C=CC2(C)C3=C1C(C)C=CC3(C)C1(C)C=CC3(C)Oc4c(c(-c5cccs5)c5nsnc5c4-c4cccs4)OC4(C)C=CC2(C)C1=C43. The molecule has 0 saturated heterocycles. The quantitative estimate of drug-likeness (QED) is 0.195. The molecule has 1 saturated carbocycles. The van der Waals surface area contributed by atoms with Crippen molar-refractivity contribution in [3.05, 3.63) is 106 Å². The van der Waals surface area contributed by atoms with Crippen molar-refractivity contribution in [3.8, 4) is 32.4 Å². The van der Waals surface area contributed by atoms with Crippen molar-refractivity contribution in [2.45, 2.75) is 66.6 Å². The fourth-order valence-electron chi connectivity index (χ4n) is 10.9.